The molecule has 0 saturated heterocycles. The van der Waals surface area contributed by atoms with E-state index in [4.69, 9.17) is 4.74 Å². The molecule has 1 N–H and O–H groups in total. The number of ether oxygens (including phenoxy) is 1. The molecule has 0 spiro atoms. The average molecular weight is 224 g/mol. The third-order valence-electron chi connectivity index (χ3n) is 2.42. The lowest BCUT2D eigenvalue weighted by Gasteiger charge is -2.18. The third kappa shape index (κ3) is 3.45. The molecular formula is C12H20N2O2. The van der Waals surface area contributed by atoms with Crippen molar-refractivity contribution in [2.45, 2.75) is 52.2 Å². The van der Waals surface area contributed by atoms with E-state index in [0.717, 1.165) is 12.1 Å². The van der Waals surface area contributed by atoms with Crippen LogP contribution in [0, 0.1) is 0 Å². The number of aliphatic hydroxyl groups excluding tert-OH is 1. The van der Waals surface area contributed by atoms with Gasteiger partial charge in [0.2, 0.25) is 5.88 Å². The zero-order valence-corrected chi connectivity index (χ0v) is 10.3. The van der Waals surface area contributed by atoms with Crippen LogP contribution in [0.3, 0.4) is 0 Å². The minimum atomic E-state index is -0.410. The normalized spacial score (nSPS) is 14.9. The summed E-state index contributed by atoms with van der Waals surface area (Å²) in [5.74, 6) is 0.608. The van der Waals surface area contributed by atoms with Crippen LogP contribution >= 0.6 is 0 Å². The standard InChI is InChI=1S/C12H20N2O2/c1-5-10(9(4)15)11-6-12(14-7-13-11)16-8(2)3/h6-10,15H,5H2,1-4H3. The molecule has 1 aromatic heterocycles. The molecule has 1 aromatic rings. The molecule has 0 aliphatic carbocycles. The Bertz CT molecular complexity index is 327. The summed E-state index contributed by atoms with van der Waals surface area (Å²) in [4.78, 5) is 8.23. The summed E-state index contributed by atoms with van der Waals surface area (Å²) >= 11 is 0. The van der Waals surface area contributed by atoms with Gasteiger partial charge in [-0.3, -0.25) is 0 Å². The highest BCUT2D eigenvalue weighted by Gasteiger charge is 2.17. The molecular weight excluding hydrogens is 204 g/mol. The summed E-state index contributed by atoms with van der Waals surface area (Å²) < 4.78 is 5.50. The van der Waals surface area contributed by atoms with Gasteiger partial charge in [-0.15, -0.1) is 0 Å². The zero-order valence-electron chi connectivity index (χ0n) is 10.3. The van der Waals surface area contributed by atoms with Gasteiger partial charge in [-0.2, -0.15) is 0 Å². The first-order chi connectivity index (χ1) is 7.54. The first-order valence-corrected chi connectivity index (χ1v) is 5.71. The van der Waals surface area contributed by atoms with E-state index in [1.165, 1.54) is 6.33 Å². The van der Waals surface area contributed by atoms with Gasteiger partial charge in [-0.25, -0.2) is 9.97 Å². The first kappa shape index (κ1) is 12.9. The maximum absolute atomic E-state index is 9.64. The molecule has 0 saturated carbocycles. The number of hydrogen-bond acceptors (Lipinski definition) is 4. The van der Waals surface area contributed by atoms with Gasteiger partial charge in [0.25, 0.3) is 0 Å². The number of aromatic nitrogens is 2. The van der Waals surface area contributed by atoms with E-state index in [1.54, 1.807) is 13.0 Å². The molecule has 0 aliphatic heterocycles. The lowest BCUT2D eigenvalue weighted by Crippen LogP contribution is -2.16. The smallest absolute Gasteiger partial charge is 0.216 e. The second kappa shape index (κ2) is 5.80. The number of nitrogens with zero attached hydrogens (tertiary/aromatic N) is 2. The highest BCUT2D eigenvalue weighted by molar-refractivity contribution is 5.18. The molecule has 0 aromatic carbocycles. The van der Waals surface area contributed by atoms with E-state index >= 15 is 0 Å². The molecule has 2 atom stereocenters. The molecule has 1 rings (SSSR count). The summed E-state index contributed by atoms with van der Waals surface area (Å²) in [6.45, 7) is 7.71. The van der Waals surface area contributed by atoms with Gasteiger partial charge in [0.05, 0.1) is 17.9 Å². The summed E-state index contributed by atoms with van der Waals surface area (Å²) in [5, 5.41) is 9.64. The fourth-order valence-electron chi connectivity index (χ4n) is 1.66. The second-order valence-corrected chi connectivity index (χ2v) is 4.20. The Labute approximate surface area is 96.7 Å². The molecule has 1 heterocycles. The topological polar surface area (TPSA) is 55.2 Å². The molecule has 0 fully saturated rings. The van der Waals surface area contributed by atoms with Crippen LogP contribution in [0.5, 0.6) is 5.88 Å². The quantitative estimate of drug-likeness (QED) is 0.832. The molecule has 2 unspecified atom stereocenters. The van der Waals surface area contributed by atoms with E-state index in [2.05, 4.69) is 9.97 Å². The van der Waals surface area contributed by atoms with Gasteiger partial charge >= 0.3 is 0 Å². The van der Waals surface area contributed by atoms with Crippen LogP contribution in [0.4, 0.5) is 0 Å². The molecule has 0 radical (unpaired) electrons. The lowest BCUT2D eigenvalue weighted by molar-refractivity contribution is 0.157. The number of rotatable bonds is 5. The van der Waals surface area contributed by atoms with Crippen molar-refractivity contribution in [2.75, 3.05) is 0 Å². The summed E-state index contributed by atoms with van der Waals surface area (Å²) in [6, 6.07) is 1.81. The highest BCUT2D eigenvalue weighted by Crippen LogP contribution is 2.23. The summed E-state index contributed by atoms with van der Waals surface area (Å²) in [5.41, 5.74) is 0.836. The fourth-order valence-corrected chi connectivity index (χ4v) is 1.66. The molecule has 0 aliphatic rings. The van der Waals surface area contributed by atoms with Crippen molar-refractivity contribution in [1.82, 2.24) is 9.97 Å². The lowest BCUT2D eigenvalue weighted by atomic mass is 9.96. The maximum Gasteiger partial charge on any atom is 0.216 e. The average Bonchev–Trinajstić information content (AvgIpc) is 2.17. The van der Waals surface area contributed by atoms with Gasteiger partial charge < -0.3 is 9.84 Å². The second-order valence-electron chi connectivity index (χ2n) is 4.20. The van der Waals surface area contributed by atoms with Crippen molar-refractivity contribution >= 4 is 0 Å². The van der Waals surface area contributed by atoms with Crippen LogP contribution < -0.4 is 4.74 Å². The van der Waals surface area contributed by atoms with Gasteiger partial charge in [0.15, 0.2) is 0 Å². The highest BCUT2D eigenvalue weighted by atomic mass is 16.5. The van der Waals surface area contributed by atoms with Crippen molar-refractivity contribution in [3.8, 4) is 5.88 Å². The van der Waals surface area contributed by atoms with E-state index in [9.17, 15) is 5.11 Å². The minimum absolute atomic E-state index is 0.0394. The van der Waals surface area contributed by atoms with Gasteiger partial charge in [0.1, 0.15) is 6.33 Å². The Morgan fingerprint density at radius 2 is 2.00 bits per heavy atom. The van der Waals surface area contributed by atoms with Crippen LogP contribution in [0.1, 0.15) is 45.7 Å². The monoisotopic (exact) mass is 224 g/mol. The summed E-state index contributed by atoms with van der Waals surface area (Å²) in [7, 11) is 0. The molecule has 4 heteroatoms. The minimum Gasteiger partial charge on any atom is -0.475 e. The van der Waals surface area contributed by atoms with Crippen molar-refractivity contribution in [2.24, 2.45) is 0 Å². The van der Waals surface area contributed by atoms with Crippen LogP contribution in [0.2, 0.25) is 0 Å². The molecule has 0 amide bonds. The van der Waals surface area contributed by atoms with Crippen LogP contribution in [0.15, 0.2) is 12.4 Å². The van der Waals surface area contributed by atoms with Crippen molar-refractivity contribution < 1.29 is 9.84 Å². The van der Waals surface area contributed by atoms with Crippen molar-refractivity contribution in [3.05, 3.63) is 18.1 Å². The Morgan fingerprint density at radius 3 is 2.50 bits per heavy atom. The Morgan fingerprint density at radius 1 is 1.31 bits per heavy atom. The SMILES string of the molecule is CCC(c1cc(OC(C)C)ncn1)C(C)O. The Kier molecular flexibility index (Phi) is 4.68. The molecule has 16 heavy (non-hydrogen) atoms. The first-order valence-electron chi connectivity index (χ1n) is 5.71. The third-order valence-corrected chi connectivity index (χ3v) is 2.42. The van der Waals surface area contributed by atoms with Gasteiger partial charge in [-0.1, -0.05) is 6.92 Å². The Balaban J connectivity index is 2.88. The van der Waals surface area contributed by atoms with Crippen molar-refractivity contribution in [3.63, 3.8) is 0 Å². The molecule has 4 nitrogen and oxygen atoms in total. The number of aliphatic hydroxyl groups is 1. The van der Waals surface area contributed by atoms with E-state index < -0.39 is 6.10 Å². The van der Waals surface area contributed by atoms with E-state index in [1.807, 2.05) is 20.8 Å². The van der Waals surface area contributed by atoms with Gasteiger partial charge in [0, 0.05) is 12.0 Å². The predicted octanol–water partition coefficient (Wildman–Crippen LogP) is 2.14. The van der Waals surface area contributed by atoms with E-state index in [-0.39, 0.29) is 12.0 Å². The largest absolute Gasteiger partial charge is 0.475 e. The summed E-state index contributed by atoms with van der Waals surface area (Å²) in [6.07, 6.45) is 2.01. The van der Waals surface area contributed by atoms with Crippen molar-refractivity contribution in [1.29, 1.82) is 0 Å². The number of hydrogen-bond donors (Lipinski definition) is 1. The molecule has 90 valence electrons. The van der Waals surface area contributed by atoms with E-state index in [0.29, 0.717) is 5.88 Å². The predicted molar refractivity (Wildman–Crippen MR) is 62.5 cm³/mol. The van der Waals surface area contributed by atoms with Crippen LogP contribution in [0.25, 0.3) is 0 Å². The Hall–Kier alpha value is -1.16. The molecule has 0 bridgehead atoms. The maximum atomic E-state index is 9.64. The van der Waals surface area contributed by atoms with Crippen LogP contribution in [-0.4, -0.2) is 27.3 Å². The van der Waals surface area contributed by atoms with Gasteiger partial charge in [-0.05, 0) is 27.2 Å². The zero-order chi connectivity index (χ0) is 12.1. The fraction of sp³-hybridized carbons (Fsp3) is 0.667. The van der Waals surface area contributed by atoms with Crippen LogP contribution in [-0.2, 0) is 0 Å².